The molecule has 0 aromatic rings. The van der Waals surface area contributed by atoms with Crippen LogP contribution in [-0.2, 0) is 18.4 Å². The van der Waals surface area contributed by atoms with Crippen LogP contribution in [0.25, 0.3) is 0 Å². The molecule has 8 nitrogen and oxygen atoms in total. The first-order chi connectivity index (χ1) is 40.0. The highest BCUT2D eigenvalue weighted by Gasteiger charge is 2.28. The molecule has 0 saturated carbocycles. The topological polar surface area (TPSA) is 105 Å². The Labute approximate surface area is 511 Å². The number of hydrogen-bond donors (Lipinski definition) is 3. The summed E-state index contributed by atoms with van der Waals surface area (Å²) in [6.07, 6.45) is 88.2. The Hall–Kier alpha value is -1.80. The zero-order valence-electron chi connectivity index (χ0n) is 55.2. The third kappa shape index (κ3) is 65.7. The smallest absolute Gasteiger partial charge is 0.387 e. The lowest BCUT2D eigenvalue weighted by Gasteiger charge is -2.25. The Morgan fingerprint density at radius 3 is 1.05 bits per heavy atom. The predicted octanol–water partition coefficient (Wildman–Crippen LogP) is 22.8. The van der Waals surface area contributed by atoms with Gasteiger partial charge in [0.15, 0.2) is 0 Å². The number of nitrogens with one attached hydrogen (secondary N) is 1. The largest absolute Gasteiger partial charge is 0.472 e. The first-order valence-corrected chi connectivity index (χ1v) is 37.2. The van der Waals surface area contributed by atoms with E-state index in [0.717, 1.165) is 51.4 Å². The highest BCUT2D eigenvalue weighted by Crippen LogP contribution is 2.43. The van der Waals surface area contributed by atoms with Gasteiger partial charge in [-0.25, -0.2) is 4.57 Å². The number of aliphatic hydroxyl groups is 1. The minimum Gasteiger partial charge on any atom is -0.387 e. The van der Waals surface area contributed by atoms with Crippen LogP contribution in [0.1, 0.15) is 348 Å². The summed E-state index contributed by atoms with van der Waals surface area (Å²) < 4.78 is 23.8. The van der Waals surface area contributed by atoms with E-state index in [2.05, 4.69) is 67.8 Å². The van der Waals surface area contributed by atoms with Gasteiger partial charge < -0.3 is 19.8 Å². The summed E-state index contributed by atoms with van der Waals surface area (Å²) in [6.45, 7) is 4.83. The summed E-state index contributed by atoms with van der Waals surface area (Å²) in [5, 5.41) is 14.0. The number of carbonyl (C=O) groups is 1. The van der Waals surface area contributed by atoms with Gasteiger partial charge in [-0.2, -0.15) is 0 Å². The molecule has 0 saturated heterocycles. The number of phosphoric ester groups is 1. The number of hydrogen-bond acceptors (Lipinski definition) is 5. The molecule has 0 aliphatic rings. The second-order valence-electron chi connectivity index (χ2n) is 25.6. The SMILES string of the molecule is CCCCCCCCCCCCCCC/C=C\C/C=C\CCCCCCCCCCCCCCCCCCCC(=O)NC(COP(=O)(O)OCC[N+](C)(C)C)C(O)/C=C/CC/C=C/CC/C=C/CCCCCCCCCCCCCCC. The van der Waals surface area contributed by atoms with Gasteiger partial charge in [-0.05, 0) is 77.0 Å². The average Bonchev–Trinajstić information content (AvgIpc) is 3.47. The van der Waals surface area contributed by atoms with Crippen LogP contribution in [0.3, 0.4) is 0 Å². The maximum atomic E-state index is 13.0. The monoisotopic (exact) mass is 1170 g/mol. The third-order valence-corrected chi connectivity index (χ3v) is 17.2. The molecule has 482 valence electrons. The van der Waals surface area contributed by atoms with E-state index in [1.165, 1.54) is 276 Å². The number of carbonyl (C=O) groups excluding carboxylic acids is 1. The van der Waals surface area contributed by atoms with Gasteiger partial charge in [-0.15, -0.1) is 0 Å². The van der Waals surface area contributed by atoms with Crippen molar-refractivity contribution in [2.24, 2.45) is 0 Å². The average molecular weight is 1170 g/mol. The van der Waals surface area contributed by atoms with Gasteiger partial charge in [0.25, 0.3) is 0 Å². The van der Waals surface area contributed by atoms with E-state index in [9.17, 15) is 19.4 Å². The molecule has 0 bridgehead atoms. The first kappa shape index (κ1) is 80.2. The minimum atomic E-state index is -4.37. The van der Waals surface area contributed by atoms with Crippen LogP contribution in [0, 0.1) is 0 Å². The summed E-state index contributed by atoms with van der Waals surface area (Å²) in [6, 6.07) is -0.873. The number of nitrogens with zero attached hydrogens (tertiary/aromatic N) is 1. The summed E-state index contributed by atoms with van der Waals surface area (Å²) in [5.41, 5.74) is 0. The number of quaternary nitrogens is 1. The molecular formula is C73H140N2O6P+. The molecule has 0 radical (unpaired) electrons. The summed E-state index contributed by atoms with van der Waals surface area (Å²) >= 11 is 0. The van der Waals surface area contributed by atoms with E-state index in [1.807, 2.05) is 27.2 Å². The molecule has 0 aliphatic carbocycles. The van der Waals surface area contributed by atoms with E-state index in [4.69, 9.17) is 9.05 Å². The third-order valence-electron chi connectivity index (χ3n) is 16.2. The Balaban J connectivity index is 4.05. The van der Waals surface area contributed by atoms with Crippen LogP contribution in [0.4, 0.5) is 0 Å². The van der Waals surface area contributed by atoms with E-state index in [1.54, 1.807) is 6.08 Å². The van der Waals surface area contributed by atoms with Gasteiger partial charge in [0.2, 0.25) is 5.91 Å². The molecule has 3 atom stereocenters. The zero-order valence-corrected chi connectivity index (χ0v) is 56.1. The van der Waals surface area contributed by atoms with Crippen LogP contribution in [0.15, 0.2) is 60.8 Å². The van der Waals surface area contributed by atoms with Gasteiger partial charge in [-0.3, -0.25) is 13.8 Å². The van der Waals surface area contributed by atoms with Crippen LogP contribution in [-0.4, -0.2) is 73.4 Å². The molecule has 0 rings (SSSR count). The predicted molar refractivity (Wildman–Crippen MR) is 360 cm³/mol. The number of likely N-dealkylation sites (N-methyl/N-ethyl adjacent to an activating group) is 1. The van der Waals surface area contributed by atoms with Crippen molar-refractivity contribution in [2.75, 3.05) is 40.9 Å². The van der Waals surface area contributed by atoms with Gasteiger partial charge >= 0.3 is 7.82 Å². The molecule has 0 aliphatic heterocycles. The van der Waals surface area contributed by atoms with Crippen molar-refractivity contribution in [2.45, 2.75) is 360 Å². The highest BCUT2D eigenvalue weighted by molar-refractivity contribution is 7.47. The molecule has 9 heteroatoms. The van der Waals surface area contributed by atoms with Gasteiger partial charge in [0, 0.05) is 6.42 Å². The van der Waals surface area contributed by atoms with Crippen LogP contribution in [0.2, 0.25) is 0 Å². The Kier molecular flexibility index (Phi) is 62.3. The van der Waals surface area contributed by atoms with E-state index in [-0.39, 0.29) is 19.1 Å². The lowest BCUT2D eigenvalue weighted by Crippen LogP contribution is -2.45. The maximum absolute atomic E-state index is 13.0. The number of phosphoric acid groups is 1. The van der Waals surface area contributed by atoms with Gasteiger partial charge in [-0.1, -0.05) is 325 Å². The fourth-order valence-corrected chi connectivity index (χ4v) is 11.4. The lowest BCUT2D eigenvalue weighted by molar-refractivity contribution is -0.870. The molecular weight excluding hydrogens is 1030 g/mol. The summed E-state index contributed by atoms with van der Waals surface area (Å²) in [5.74, 6) is -0.187. The molecule has 82 heavy (non-hydrogen) atoms. The minimum absolute atomic E-state index is 0.0532. The van der Waals surface area contributed by atoms with Crippen molar-refractivity contribution in [3.8, 4) is 0 Å². The Morgan fingerprint density at radius 1 is 0.415 bits per heavy atom. The molecule has 3 N–H and O–H groups in total. The molecule has 0 aromatic carbocycles. The van der Waals surface area contributed by atoms with Gasteiger partial charge in [0.1, 0.15) is 13.2 Å². The van der Waals surface area contributed by atoms with Gasteiger partial charge in [0.05, 0.1) is 39.9 Å². The maximum Gasteiger partial charge on any atom is 0.472 e. The normalized spacial score (nSPS) is 14.0. The number of unbranched alkanes of at least 4 members (excludes halogenated alkanes) is 45. The van der Waals surface area contributed by atoms with Crippen LogP contribution in [0.5, 0.6) is 0 Å². The quantitative estimate of drug-likeness (QED) is 0.0243. The van der Waals surface area contributed by atoms with Crippen molar-refractivity contribution < 1.29 is 32.9 Å². The molecule has 1 amide bonds. The van der Waals surface area contributed by atoms with Crippen molar-refractivity contribution in [1.82, 2.24) is 5.32 Å². The lowest BCUT2D eigenvalue weighted by atomic mass is 10.0. The fourth-order valence-electron chi connectivity index (χ4n) is 10.6. The number of amides is 1. The van der Waals surface area contributed by atoms with Crippen LogP contribution >= 0.6 is 7.82 Å². The number of aliphatic hydroxyl groups excluding tert-OH is 1. The molecule has 0 spiro atoms. The van der Waals surface area contributed by atoms with Crippen molar-refractivity contribution >= 4 is 13.7 Å². The van der Waals surface area contributed by atoms with E-state index >= 15 is 0 Å². The van der Waals surface area contributed by atoms with Crippen LogP contribution < -0.4 is 5.32 Å². The van der Waals surface area contributed by atoms with E-state index in [0.29, 0.717) is 17.4 Å². The summed E-state index contributed by atoms with van der Waals surface area (Å²) in [7, 11) is 1.55. The van der Waals surface area contributed by atoms with Crippen molar-refractivity contribution in [1.29, 1.82) is 0 Å². The van der Waals surface area contributed by atoms with Crippen molar-refractivity contribution in [3.05, 3.63) is 60.8 Å². The fraction of sp³-hybridized carbons (Fsp3) is 0.849. The Morgan fingerprint density at radius 2 is 0.707 bits per heavy atom. The molecule has 0 heterocycles. The number of allylic oxidation sites excluding steroid dienone is 9. The van der Waals surface area contributed by atoms with Crippen molar-refractivity contribution in [3.63, 3.8) is 0 Å². The zero-order chi connectivity index (χ0) is 59.8. The molecule has 3 unspecified atom stereocenters. The molecule has 0 fully saturated rings. The highest BCUT2D eigenvalue weighted by atomic mass is 31.2. The standard InChI is InChI=1S/C73H139N2O6P/c1-6-8-10-12-14-16-18-20-22-24-26-28-30-31-32-33-34-35-36-37-38-39-40-41-42-43-45-47-49-51-53-55-57-59-61-63-65-67-73(77)74-71(70-81-82(78,79)80-69-68-75(3,4)5)72(76)66-64-62-60-58-56-54-52-50-48-46-44-29-27-25-23-21-19-17-15-13-11-9-7-2/h32-33,35-36,48,50,56,58,64,66,71-72,76H,6-31,34,37-47,49,51-55,57,59-63,65,67-70H2,1-5H3,(H-,74,77,78,79)/p+1/b33-32-,36-35-,50-48+,58-56+,66-64+. The number of rotatable bonds is 66. The second-order valence-corrected chi connectivity index (χ2v) is 27.0. The first-order valence-electron chi connectivity index (χ1n) is 35.7. The Bertz CT molecular complexity index is 1520. The van der Waals surface area contributed by atoms with E-state index < -0.39 is 20.0 Å². The molecule has 0 aromatic heterocycles. The summed E-state index contributed by atoms with van der Waals surface area (Å²) in [4.78, 5) is 23.4. The second kappa shape index (κ2) is 63.7.